The van der Waals surface area contributed by atoms with E-state index in [9.17, 15) is 9.59 Å². The minimum absolute atomic E-state index is 0.0540. The zero-order valence-corrected chi connectivity index (χ0v) is 16.1. The minimum Gasteiger partial charge on any atom is -0.381 e. The molecule has 2 aromatic carbocycles. The number of carbonyl (C=O) groups is 1. The van der Waals surface area contributed by atoms with Crippen LogP contribution in [0.4, 0.5) is 11.4 Å². The summed E-state index contributed by atoms with van der Waals surface area (Å²) in [5.74, 6) is -0.104. The molecular weight excluding hydrogens is 338 g/mol. The van der Waals surface area contributed by atoms with Crippen molar-refractivity contribution in [3.05, 3.63) is 70.0 Å². The summed E-state index contributed by atoms with van der Waals surface area (Å²) in [4.78, 5) is 26.4. The summed E-state index contributed by atoms with van der Waals surface area (Å²) in [6.07, 6.45) is 0. The molecule has 0 spiro atoms. The van der Waals surface area contributed by atoms with Crippen LogP contribution in [-0.4, -0.2) is 10.9 Å². The molecule has 0 aliphatic heterocycles. The highest BCUT2D eigenvalue weighted by atomic mass is 16.1. The SMILES string of the molecule is CC(=O)Nc1ccc(NCc2cc3cc(C(C)(C)C)ccc3[nH]c2=O)cc1. The molecule has 0 aliphatic rings. The van der Waals surface area contributed by atoms with E-state index in [2.05, 4.69) is 48.5 Å². The van der Waals surface area contributed by atoms with Crippen LogP contribution in [0.25, 0.3) is 10.9 Å². The number of pyridine rings is 1. The van der Waals surface area contributed by atoms with Crippen LogP contribution in [0, 0.1) is 0 Å². The molecule has 1 heterocycles. The number of hydrogen-bond donors (Lipinski definition) is 3. The smallest absolute Gasteiger partial charge is 0.253 e. The summed E-state index contributed by atoms with van der Waals surface area (Å²) in [7, 11) is 0. The van der Waals surface area contributed by atoms with Crippen molar-refractivity contribution in [2.45, 2.75) is 39.7 Å². The second-order valence-corrected chi connectivity index (χ2v) is 7.79. The fraction of sp³-hybridized carbons (Fsp3) is 0.273. The Morgan fingerprint density at radius 1 is 1.00 bits per heavy atom. The maximum atomic E-state index is 12.4. The monoisotopic (exact) mass is 363 g/mol. The molecule has 0 saturated carbocycles. The molecule has 0 saturated heterocycles. The third kappa shape index (κ3) is 4.56. The highest BCUT2D eigenvalue weighted by Crippen LogP contribution is 2.25. The van der Waals surface area contributed by atoms with Gasteiger partial charge >= 0.3 is 0 Å². The summed E-state index contributed by atoms with van der Waals surface area (Å²) < 4.78 is 0. The van der Waals surface area contributed by atoms with Gasteiger partial charge in [-0.1, -0.05) is 26.8 Å². The van der Waals surface area contributed by atoms with Gasteiger partial charge in [-0.05, 0) is 58.8 Å². The maximum Gasteiger partial charge on any atom is 0.253 e. The Labute approximate surface area is 158 Å². The van der Waals surface area contributed by atoms with Crippen molar-refractivity contribution in [1.82, 2.24) is 4.98 Å². The van der Waals surface area contributed by atoms with Crippen molar-refractivity contribution in [3.63, 3.8) is 0 Å². The van der Waals surface area contributed by atoms with Crippen LogP contribution in [0.2, 0.25) is 0 Å². The van der Waals surface area contributed by atoms with Crippen LogP contribution >= 0.6 is 0 Å². The van der Waals surface area contributed by atoms with E-state index in [1.165, 1.54) is 12.5 Å². The van der Waals surface area contributed by atoms with E-state index in [0.29, 0.717) is 12.1 Å². The molecule has 0 radical (unpaired) electrons. The summed E-state index contributed by atoms with van der Waals surface area (Å²) in [6, 6.07) is 15.5. The summed E-state index contributed by atoms with van der Waals surface area (Å²) in [6.45, 7) is 8.42. The first-order valence-corrected chi connectivity index (χ1v) is 9.00. The second kappa shape index (κ2) is 7.27. The third-order valence-electron chi connectivity index (χ3n) is 4.48. The van der Waals surface area contributed by atoms with Gasteiger partial charge in [-0.15, -0.1) is 0 Å². The molecular formula is C22H25N3O2. The van der Waals surface area contributed by atoms with Gasteiger partial charge in [0.05, 0.1) is 0 Å². The molecule has 0 atom stereocenters. The number of anilines is 2. The molecule has 0 bridgehead atoms. The van der Waals surface area contributed by atoms with E-state index in [-0.39, 0.29) is 16.9 Å². The van der Waals surface area contributed by atoms with Crippen LogP contribution in [0.3, 0.4) is 0 Å². The van der Waals surface area contributed by atoms with Crippen molar-refractivity contribution in [2.75, 3.05) is 10.6 Å². The van der Waals surface area contributed by atoms with E-state index < -0.39 is 0 Å². The number of benzene rings is 2. The van der Waals surface area contributed by atoms with E-state index in [1.807, 2.05) is 36.4 Å². The van der Waals surface area contributed by atoms with Crippen LogP contribution in [0.1, 0.15) is 38.8 Å². The lowest BCUT2D eigenvalue weighted by Crippen LogP contribution is -2.16. The molecule has 3 rings (SSSR count). The molecule has 0 fully saturated rings. The Morgan fingerprint density at radius 2 is 1.67 bits per heavy atom. The van der Waals surface area contributed by atoms with Crippen LogP contribution < -0.4 is 16.2 Å². The predicted molar refractivity (Wildman–Crippen MR) is 111 cm³/mol. The maximum absolute atomic E-state index is 12.4. The minimum atomic E-state index is -0.104. The zero-order chi connectivity index (χ0) is 19.6. The first-order valence-electron chi connectivity index (χ1n) is 9.00. The topological polar surface area (TPSA) is 74.0 Å². The van der Waals surface area contributed by atoms with Gasteiger partial charge in [0.15, 0.2) is 0 Å². The molecule has 27 heavy (non-hydrogen) atoms. The lowest BCUT2D eigenvalue weighted by atomic mass is 9.86. The van der Waals surface area contributed by atoms with Gasteiger partial charge < -0.3 is 15.6 Å². The molecule has 5 nitrogen and oxygen atoms in total. The Hall–Kier alpha value is -3.08. The molecule has 3 N–H and O–H groups in total. The van der Waals surface area contributed by atoms with Gasteiger partial charge in [0.1, 0.15) is 0 Å². The number of nitrogens with one attached hydrogen (secondary N) is 3. The van der Waals surface area contributed by atoms with Crippen molar-refractivity contribution in [2.24, 2.45) is 0 Å². The normalized spacial score (nSPS) is 11.4. The standard InChI is InChI=1S/C22H25N3O2/c1-14(26)24-19-8-6-18(7-9-19)23-13-16-11-15-12-17(22(2,3)4)5-10-20(15)25-21(16)27/h5-12,23H,13H2,1-4H3,(H,24,26)(H,25,27). The number of carbonyl (C=O) groups excluding carboxylic acids is 1. The number of aromatic amines is 1. The largest absolute Gasteiger partial charge is 0.381 e. The van der Waals surface area contributed by atoms with Crippen LogP contribution in [0.15, 0.2) is 53.3 Å². The number of H-pyrrole nitrogens is 1. The summed E-state index contributed by atoms with van der Waals surface area (Å²) in [5.41, 5.74) is 4.34. The molecule has 0 aliphatic carbocycles. The average Bonchev–Trinajstić information content (AvgIpc) is 2.59. The lowest BCUT2D eigenvalue weighted by Gasteiger charge is -2.19. The van der Waals surface area contributed by atoms with Gasteiger partial charge in [-0.2, -0.15) is 0 Å². The van der Waals surface area contributed by atoms with Crippen molar-refractivity contribution >= 4 is 28.2 Å². The first-order chi connectivity index (χ1) is 12.7. The molecule has 0 unspecified atom stereocenters. The van der Waals surface area contributed by atoms with Crippen LogP contribution in [0.5, 0.6) is 0 Å². The number of hydrogen-bond acceptors (Lipinski definition) is 3. The molecule has 1 amide bonds. The lowest BCUT2D eigenvalue weighted by molar-refractivity contribution is -0.114. The van der Waals surface area contributed by atoms with E-state index in [4.69, 9.17) is 0 Å². The van der Waals surface area contributed by atoms with E-state index in [1.54, 1.807) is 0 Å². The van der Waals surface area contributed by atoms with Gasteiger partial charge in [0, 0.05) is 35.9 Å². The summed E-state index contributed by atoms with van der Waals surface area (Å²) >= 11 is 0. The summed E-state index contributed by atoms with van der Waals surface area (Å²) in [5, 5.41) is 7.02. The van der Waals surface area contributed by atoms with Crippen molar-refractivity contribution in [1.29, 1.82) is 0 Å². The van der Waals surface area contributed by atoms with Crippen molar-refractivity contribution < 1.29 is 4.79 Å². The number of rotatable bonds is 4. The fourth-order valence-electron chi connectivity index (χ4n) is 2.92. The van der Waals surface area contributed by atoms with E-state index >= 15 is 0 Å². The third-order valence-corrected chi connectivity index (χ3v) is 4.48. The Kier molecular flexibility index (Phi) is 5.04. The Morgan fingerprint density at radius 3 is 2.30 bits per heavy atom. The second-order valence-electron chi connectivity index (χ2n) is 7.79. The Bertz CT molecular complexity index is 1030. The Balaban J connectivity index is 1.80. The number of amides is 1. The van der Waals surface area contributed by atoms with E-state index in [0.717, 1.165) is 22.3 Å². The van der Waals surface area contributed by atoms with Crippen LogP contribution in [-0.2, 0) is 16.8 Å². The van der Waals surface area contributed by atoms with Gasteiger partial charge in [-0.25, -0.2) is 0 Å². The first kappa shape index (κ1) is 18.7. The van der Waals surface area contributed by atoms with Gasteiger partial charge in [-0.3, -0.25) is 9.59 Å². The number of aromatic nitrogens is 1. The zero-order valence-electron chi connectivity index (χ0n) is 16.1. The van der Waals surface area contributed by atoms with Gasteiger partial charge in [0.25, 0.3) is 5.56 Å². The molecule has 3 aromatic rings. The quantitative estimate of drug-likeness (QED) is 0.643. The van der Waals surface area contributed by atoms with Gasteiger partial charge in [0.2, 0.25) is 5.91 Å². The molecule has 1 aromatic heterocycles. The highest BCUT2D eigenvalue weighted by Gasteiger charge is 2.14. The van der Waals surface area contributed by atoms with Crippen molar-refractivity contribution in [3.8, 4) is 0 Å². The highest BCUT2D eigenvalue weighted by molar-refractivity contribution is 5.88. The predicted octanol–water partition coefficient (Wildman–Crippen LogP) is 4.40. The number of fused-ring (bicyclic) bond motifs is 1. The fourth-order valence-corrected chi connectivity index (χ4v) is 2.92. The molecule has 140 valence electrons. The molecule has 5 heteroatoms. The average molecular weight is 363 g/mol.